The molecule has 0 bridgehead atoms. The Balaban J connectivity index is 0.826. The Morgan fingerprint density at radius 1 is 1.00 bits per heavy atom. The Labute approximate surface area is 451 Å². The predicted molar refractivity (Wildman–Crippen MR) is 287 cm³/mol. The third-order valence-corrected chi connectivity index (χ3v) is 17.3. The van der Waals surface area contributed by atoms with Gasteiger partial charge in [-0.1, -0.05) is 69.3 Å². The molecule has 1 saturated carbocycles. The highest BCUT2D eigenvalue weighted by molar-refractivity contribution is 7.99. The fourth-order valence-electron chi connectivity index (χ4n) is 9.48. The molecule has 5 heterocycles. The van der Waals surface area contributed by atoms with Crippen molar-refractivity contribution in [2.24, 2.45) is 22.5 Å². The molecule has 4 aromatic rings. The van der Waals surface area contributed by atoms with Gasteiger partial charge in [0.25, 0.3) is 5.91 Å². The van der Waals surface area contributed by atoms with Crippen LogP contribution in [-0.4, -0.2) is 154 Å². The number of piperazine rings is 1. The number of hydrogen-bond acceptors (Lipinski definition) is 15. The number of anilines is 2. The average Bonchev–Trinajstić information content (AvgIpc) is 3.80. The Morgan fingerprint density at radius 3 is 2.37 bits per heavy atom. The number of nitrogens with one attached hydrogen (secondary N) is 3. The fraction of sp³-hybridized carbons (Fsp3) is 0.547. The molecule has 8 rings (SSSR count). The third-order valence-electron chi connectivity index (χ3n) is 14.8. The average molecular weight is 1090 g/mol. The van der Waals surface area contributed by atoms with E-state index in [0.29, 0.717) is 77.8 Å². The van der Waals surface area contributed by atoms with E-state index in [9.17, 15) is 33.5 Å². The van der Waals surface area contributed by atoms with Gasteiger partial charge in [-0.15, -0.1) is 11.3 Å². The lowest BCUT2D eigenvalue weighted by Crippen LogP contribution is -2.59. The Kier molecular flexibility index (Phi) is 17.4. The standard InChI is InChI=1S/C53H69ClFN11O7S2/c1-32(46(68)61-37-8-7-9-40(43(37)54)75-42-28-57-41(27-58-42)64-16-14-52(6,30-56)15-17-64)48(70)65-20-18-63(19-21-65)22-23-73-39-24-34(44-33(2)60-31-74-44)10-11-35(39)26-59-47(69)38-25-36(67)29-66(38)49(71)45(51(3,4)5)62-50(72)53(55)12-13-53/h7-11,24,27-28,31-32,36,38,45,67H,12-23,25-26,29-30,56H2,1-6H3,(H,59,69)(H,61,68)(H,62,72)/t32?,36-,38+,45-/m1/s1. The molecule has 2 aromatic heterocycles. The van der Waals surface area contributed by atoms with Gasteiger partial charge in [0.05, 0.1) is 45.3 Å². The highest BCUT2D eigenvalue weighted by Gasteiger charge is 2.53. The first kappa shape index (κ1) is 55.8. The number of benzene rings is 2. The maximum atomic E-state index is 14.7. The van der Waals surface area contributed by atoms with Crippen LogP contribution in [0, 0.1) is 23.7 Å². The normalized spacial score (nSPS) is 20.3. The molecule has 4 aliphatic rings. The van der Waals surface area contributed by atoms with Crippen LogP contribution in [0.25, 0.3) is 10.4 Å². The smallest absolute Gasteiger partial charge is 0.258 e. The lowest BCUT2D eigenvalue weighted by molar-refractivity contribution is -0.145. The number of carbonyl (C=O) groups is 5. The number of amides is 5. The number of rotatable bonds is 18. The zero-order valence-electron chi connectivity index (χ0n) is 43.5. The number of piperidine rings is 1. The van der Waals surface area contributed by atoms with Gasteiger partial charge in [0, 0.05) is 75.8 Å². The monoisotopic (exact) mass is 1090 g/mol. The van der Waals surface area contributed by atoms with E-state index in [1.54, 1.807) is 62.6 Å². The van der Waals surface area contributed by atoms with Gasteiger partial charge >= 0.3 is 0 Å². The van der Waals surface area contributed by atoms with E-state index in [-0.39, 0.29) is 43.7 Å². The lowest BCUT2D eigenvalue weighted by Gasteiger charge is -2.39. The molecule has 3 aliphatic heterocycles. The van der Waals surface area contributed by atoms with Crippen molar-refractivity contribution < 1.29 is 38.2 Å². The first-order valence-electron chi connectivity index (χ1n) is 25.6. The van der Waals surface area contributed by atoms with E-state index < -0.39 is 58.8 Å². The van der Waals surface area contributed by atoms with Gasteiger partial charge in [0.2, 0.25) is 23.6 Å². The summed E-state index contributed by atoms with van der Waals surface area (Å²) in [4.78, 5) is 90.5. The highest BCUT2D eigenvalue weighted by Crippen LogP contribution is 2.41. The van der Waals surface area contributed by atoms with Crippen molar-refractivity contribution in [2.75, 3.05) is 75.7 Å². The van der Waals surface area contributed by atoms with E-state index in [1.807, 2.05) is 31.2 Å². The van der Waals surface area contributed by atoms with Crippen molar-refractivity contribution in [3.05, 3.63) is 70.6 Å². The van der Waals surface area contributed by atoms with Crippen molar-refractivity contribution in [2.45, 2.75) is 114 Å². The molecule has 0 radical (unpaired) electrons. The number of halogens is 2. The SMILES string of the molecule is Cc1ncsc1-c1ccc(CNC(=O)[C@@H]2C[C@@H](O)CN2C(=O)[C@@H](NC(=O)C2(F)CC2)C(C)(C)C)c(OCCN2CCN(C(=O)C(C)C(=O)Nc3cccc(Sc4cnc(N5CCC(C)(CN)CC5)cn4)c3Cl)CC2)c1. The van der Waals surface area contributed by atoms with E-state index in [2.05, 4.69) is 47.6 Å². The molecule has 4 fully saturated rings. The first-order chi connectivity index (χ1) is 35.6. The van der Waals surface area contributed by atoms with Gasteiger partial charge in [-0.2, -0.15) is 0 Å². The summed E-state index contributed by atoms with van der Waals surface area (Å²) in [6, 6.07) is 8.92. The fourth-order valence-corrected chi connectivity index (χ4v) is 11.4. The van der Waals surface area contributed by atoms with Crippen molar-refractivity contribution in [1.29, 1.82) is 0 Å². The van der Waals surface area contributed by atoms with Crippen LogP contribution in [0.4, 0.5) is 15.9 Å². The van der Waals surface area contributed by atoms with Gasteiger partial charge in [0.1, 0.15) is 41.2 Å². The number of hydrogen-bond donors (Lipinski definition) is 5. The highest BCUT2D eigenvalue weighted by atomic mass is 35.5. The summed E-state index contributed by atoms with van der Waals surface area (Å²) in [6.45, 7) is 16.1. The van der Waals surface area contributed by atoms with Crippen LogP contribution in [0.1, 0.15) is 78.0 Å². The minimum atomic E-state index is -1.99. The quantitative estimate of drug-likeness (QED) is 0.0755. The van der Waals surface area contributed by atoms with Crippen LogP contribution in [0.2, 0.25) is 5.02 Å². The van der Waals surface area contributed by atoms with Gasteiger partial charge in [0.15, 0.2) is 5.67 Å². The molecule has 404 valence electrons. The zero-order chi connectivity index (χ0) is 53.8. The molecular formula is C53H69ClFN11O7S2. The summed E-state index contributed by atoms with van der Waals surface area (Å²) in [5.74, 6) is -2.25. The summed E-state index contributed by atoms with van der Waals surface area (Å²) in [6.07, 6.45) is 4.69. The minimum absolute atomic E-state index is 0.000706. The summed E-state index contributed by atoms with van der Waals surface area (Å²) in [5.41, 5.74) is 7.95. The lowest BCUT2D eigenvalue weighted by atomic mass is 9.80. The number of aryl methyl sites for hydroxylation is 1. The number of alkyl halides is 1. The molecule has 3 saturated heterocycles. The maximum Gasteiger partial charge on any atom is 0.258 e. The molecule has 4 atom stereocenters. The number of likely N-dealkylation sites (tertiary alicyclic amines) is 1. The van der Waals surface area contributed by atoms with Crippen molar-refractivity contribution >= 4 is 75.7 Å². The molecule has 2 aromatic carbocycles. The number of β-amino-alcohol motifs (C(OH)–C–C–N with tert-alkyl or cyclic N) is 1. The van der Waals surface area contributed by atoms with Crippen molar-refractivity contribution in [3.8, 4) is 16.2 Å². The van der Waals surface area contributed by atoms with Crippen LogP contribution in [-0.2, 0) is 30.5 Å². The number of ether oxygens (including phenoxy) is 1. The van der Waals surface area contributed by atoms with Gasteiger partial charge in [-0.3, -0.25) is 28.9 Å². The third kappa shape index (κ3) is 13.4. The zero-order valence-corrected chi connectivity index (χ0v) is 45.9. The van der Waals surface area contributed by atoms with E-state index in [4.69, 9.17) is 22.1 Å². The molecule has 75 heavy (non-hydrogen) atoms. The number of aliphatic hydroxyl groups is 1. The largest absolute Gasteiger partial charge is 0.492 e. The number of carbonyl (C=O) groups excluding carboxylic acids is 5. The molecule has 18 nitrogen and oxygen atoms in total. The second-order valence-electron chi connectivity index (χ2n) is 21.6. The van der Waals surface area contributed by atoms with E-state index >= 15 is 0 Å². The second-order valence-corrected chi connectivity index (χ2v) is 23.9. The molecule has 5 amide bonds. The van der Waals surface area contributed by atoms with Gasteiger partial charge < -0.3 is 46.2 Å². The topological polar surface area (TPSA) is 229 Å². The number of thiazole rings is 1. The van der Waals surface area contributed by atoms with Crippen molar-refractivity contribution in [3.63, 3.8) is 0 Å². The summed E-state index contributed by atoms with van der Waals surface area (Å²) in [5, 5.41) is 20.1. The van der Waals surface area contributed by atoms with Crippen LogP contribution < -0.4 is 31.3 Å². The Morgan fingerprint density at radius 2 is 1.73 bits per heavy atom. The minimum Gasteiger partial charge on any atom is -0.492 e. The summed E-state index contributed by atoms with van der Waals surface area (Å²) >= 11 is 9.65. The maximum absolute atomic E-state index is 14.7. The van der Waals surface area contributed by atoms with E-state index in [1.165, 1.54) is 28.0 Å². The predicted octanol–water partition coefficient (Wildman–Crippen LogP) is 5.69. The molecule has 1 unspecified atom stereocenters. The molecule has 0 spiro atoms. The Bertz CT molecular complexity index is 2720. The number of aromatic nitrogens is 3. The second kappa shape index (κ2) is 23.4. The molecular weight excluding hydrogens is 1020 g/mol. The van der Waals surface area contributed by atoms with Crippen LogP contribution in [0.15, 0.2) is 64.2 Å². The number of nitrogens with two attached hydrogens (primary N) is 1. The molecule has 6 N–H and O–H groups in total. The first-order valence-corrected chi connectivity index (χ1v) is 27.7. The van der Waals surface area contributed by atoms with Gasteiger partial charge in [-0.05, 0) is 80.7 Å². The summed E-state index contributed by atoms with van der Waals surface area (Å²) in [7, 11) is 0. The van der Waals surface area contributed by atoms with Crippen LogP contribution in [0.3, 0.4) is 0 Å². The number of aliphatic hydroxyl groups excluding tert-OH is 1. The molecule has 1 aliphatic carbocycles. The van der Waals surface area contributed by atoms with Gasteiger partial charge in [-0.25, -0.2) is 19.3 Å². The van der Waals surface area contributed by atoms with Crippen molar-refractivity contribution in [1.82, 2.24) is 40.3 Å². The van der Waals surface area contributed by atoms with E-state index in [0.717, 1.165) is 47.9 Å². The van der Waals surface area contributed by atoms with Crippen LogP contribution >= 0.6 is 34.7 Å². The number of nitrogens with zero attached hydrogens (tertiary/aromatic N) is 7. The van der Waals surface area contributed by atoms with Crippen LogP contribution in [0.5, 0.6) is 5.75 Å². The Hall–Kier alpha value is -5.45. The summed E-state index contributed by atoms with van der Waals surface area (Å²) < 4.78 is 21.1. The molecule has 22 heteroatoms.